The van der Waals surface area contributed by atoms with Crippen LogP contribution in [0.4, 0.5) is 22.9 Å². The first-order valence-corrected chi connectivity index (χ1v) is 6.27. The molecule has 0 atom stereocenters. The number of para-hydroxylation sites is 2. The number of hydrogen-bond acceptors (Lipinski definition) is 6. The van der Waals surface area contributed by atoms with Gasteiger partial charge in [-0.1, -0.05) is 12.1 Å². The van der Waals surface area contributed by atoms with Gasteiger partial charge >= 0.3 is 5.69 Å². The minimum absolute atomic E-state index is 0.0118. The van der Waals surface area contributed by atoms with E-state index in [9.17, 15) is 14.9 Å². The first-order valence-electron chi connectivity index (χ1n) is 5.89. The Morgan fingerprint density at radius 3 is 2.90 bits per heavy atom. The molecule has 1 aliphatic rings. The second kappa shape index (κ2) is 4.98. The summed E-state index contributed by atoms with van der Waals surface area (Å²) in [5, 5.41) is 13.7. The zero-order valence-electron chi connectivity index (χ0n) is 10.5. The number of amides is 1. The second-order valence-electron chi connectivity index (χ2n) is 4.26. The third-order valence-electron chi connectivity index (χ3n) is 2.94. The van der Waals surface area contributed by atoms with Crippen LogP contribution in [0, 0.1) is 10.1 Å². The zero-order valence-corrected chi connectivity index (χ0v) is 11.2. The molecule has 1 aliphatic heterocycles. The minimum Gasteiger partial charge on any atom is -0.323 e. The van der Waals surface area contributed by atoms with Crippen molar-refractivity contribution in [2.75, 3.05) is 16.8 Å². The SMILES string of the molecule is O=C1CN(c2nc(Cl)ncc2[N+](=O)[O-])c2ccccc2N1. The summed E-state index contributed by atoms with van der Waals surface area (Å²) >= 11 is 5.73. The standard InChI is InChI=1S/C12H8ClN5O3/c13-12-14-5-9(18(20)21)11(16-12)17-6-10(19)15-7-3-1-2-4-8(7)17/h1-5H,6H2,(H,15,19). The Morgan fingerprint density at radius 1 is 1.38 bits per heavy atom. The number of nitrogens with one attached hydrogen (secondary N) is 1. The number of halogens is 1. The van der Waals surface area contributed by atoms with Crippen LogP contribution in [0.1, 0.15) is 0 Å². The van der Waals surface area contributed by atoms with E-state index in [2.05, 4.69) is 15.3 Å². The molecule has 9 heteroatoms. The van der Waals surface area contributed by atoms with Crippen LogP contribution in [-0.4, -0.2) is 27.3 Å². The van der Waals surface area contributed by atoms with Gasteiger partial charge in [-0.3, -0.25) is 14.9 Å². The number of nitrogens with zero attached hydrogens (tertiary/aromatic N) is 4. The summed E-state index contributed by atoms with van der Waals surface area (Å²) in [4.78, 5) is 31.3. The molecular weight excluding hydrogens is 298 g/mol. The topological polar surface area (TPSA) is 101 Å². The Balaban J connectivity index is 2.19. The molecule has 1 aromatic heterocycles. The van der Waals surface area contributed by atoms with E-state index in [-0.39, 0.29) is 29.2 Å². The number of benzene rings is 1. The molecule has 1 amide bonds. The monoisotopic (exact) mass is 305 g/mol. The van der Waals surface area contributed by atoms with Crippen molar-refractivity contribution >= 4 is 40.4 Å². The number of rotatable bonds is 2. The molecule has 0 unspecified atom stereocenters. The van der Waals surface area contributed by atoms with Crippen molar-refractivity contribution in [2.24, 2.45) is 0 Å². The largest absolute Gasteiger partial charge is 0.330 e. The van der Waals surface area contributed by atoms with Crippen molar-refractivity contribution < 1.29 is 9.72 Å². The maximum Gasteiger partial charge on any atom is 0.330 e. The lowest BCUT2D eigenvalue weighted by atomic mass is 10.2. The van der Waals surface area contributed by atoms with Gasteiger partial charge < -0.3 is 10.2 Å². The van der Waals surface area contributed by atoms with Gasteiger partial charge in [-0.2, -0.15) is 4.98 Å². The number of anilines is 3. The molecule has 3 rings (SSSR count). The summed E-state index contributed by atoms with van der Waals surface area (Å²) in [5.74, 6) is -0.306. The Kier molecular flexibility index (Phi) is 3.15. The van der Waals surface area contributed by atoms with Crippen LogP contribution in [-0.2, 0) is 4.79 Å². The van der Waals surface area contributed by atoms with Gasteiger partial charge in [-0.05, 0) is 23.7 Å². The lowest BCUT2D eigenvalue weighted by Crippen LogP contribution is -2.35. The van der Waals surface area contributed by atoms with Gasteiger partial charge in [0.15, 0.2) is 0 Å². The normalized spacial score (nSPS) is 13.6. The summed E-state index contributed by atoms with van der Waals surface area (Å²) in [6.07, 6.45) is 1.03. The summed E-state index contributed by atoms with van der Waals surface area (Å²) < 4.78 is 0. The minimum atomic E-state index is -0.610. The molecule has 2 aromatic rings. The molecule has 0 spiro atoms. The van der Waals surface area contributed by atoms with E-state index in [0.717, 1.165) is 6.20 Å². The van der Waals surface area contributed by atoms with Crippen molar-refractivity contribution in [1.29, 1.82) is 0 Å². The first kappa shape index (κ1) is 13.3. The highest BCUT2D eigenvalue weighted by atomic mass is 35.5. The van der Waals surface area contributed by atoms with Gasteiger partial charge in [0, 0.05) is 0 Å². The number of nitro groups is 1. The molecule has 21 heavy (non-hydrogen) atoms. The van der Waals surface area contributed by atoms with Crippen molar-refractivity contribution in [3.8, 4) is 0 Å². The van der Waals surface area contributed by atoms with Crippen molar-refractivity contribution in [1.82, 2.24) is 9.97 Å². The van der Waals surface area contributed by atoms with E-state index in [4.69, 9.17) is 11.6 Å². The summed E-state index contributed by atoms with van der Waals surface area (Å²) in [6, 6.07) is 6.95. The molecule has 106 valence electrons. The second-order valence-corrected chi connectivity index (χ2v) is 4.59. The average Bonchev–Trinajstić information content (AvgIpc) is 2.45. The molecule has 0 radical (unpaired) electrons. The molecular formula is C12H8ClN5O3. The lowest BCUT2D eigenvalue weighted by molar-refractivity contribution is -0.384. The van der Waals surface area contributed by atoms with Crippen LogP contribution in [0.25, 0.3) is 0 Å². The van der Waals surface area contributed by atoms with Crippen LogP contribution < -0.4 is 10.2 Å². The average molecular weight is 306 g/mol. The van der Waals surface area contributed by atoms with E-state index in [1.165, 1.54) is 4.90 Å². The fourth-order valence-electron chi connectivity index (χ4n) is 2.10. The highest BCUT2D eigenvalue weighted by Gasteiger charge is 2.30. The van der Waals surface area contributed by atoms with E-state index in [1.807, 2.05) is 0 Å². The molecule has 1 aromatic carbocycles. The number of hydrogen-bond donors (Lipinski definition) is 1. The van der Waals surface area contributed by atoms with Crippen LogP contribution in [0.2, 0.25) is 5.28 Å². The Bertz CT molecular complexity index is 751. The molecule has 0 aliphatic carbocycles. The number of carbonyl (C=O) groups is 1. The quantitative estimate of drug-likeness (QED) is 0.518. The Hall–Kier alpha value is -2.74. The molecule has 0 bridgehead atoms. The Labute approximate surface area is 123 Å². The van der Waals surface area contributed by atoms with Crippen molar-refractivity contribution in [3.63, 3.8) is 0 Å². The van der Waals surface area contributed by atoms with E-state index >= 15 is 0 Å². The van der Waals surface area contributed by atoms with Crippen LogP contribution in [0.5, 0.6) is 0 Å². The van der Waals surface area contributed by atoms with Gasteiger partial charge in [0.2, 0.25) is 17.0 Å². The van der Waals surface area contributed by atoms with Gasteiger partial charge in [-0.25, -0.2) is 4.98 Å². The van der Waals surface area contributed by atoms with Crippen LogP contribution in [0.3, 0.4) is 0 Å². The highest BCUT2D eigenvalue weighted by molar-refractivity contribution is 6.28. The maximum absolute atomic E-state index is 11.8. The molecule has 0 fully saturated rings. The predicted molar refractivity (Wildman–Crippen MR) is 75.8 cm³/mol. The lowest BCUT2D eigenvalue weighted by Gasteiger charge is -2.29. The van der Waals surface area contributed by atoms with Crippen LogP contribution >= 0.6 is 11.6 Å². The smallest absolute Gasteiger partial charge is 0.323 e. The first-order chi connectivity index (χ1) is 10.1. The maximum atomic E-state index is 11.8. The highest BCUT2D eigenvalue weighted by Crippen LogP contribution is 2.37. The van der Waals surface area contributed by atoms with Gasteiger partial charge in [0.05, 0.1) is 16.3 Å². The summed E-state index contributed by atoms with van der Waals surface area (Å²) in [5.41, 5.74) is 0.844. The third kappa shape index (κ3) is 2.36. The molecule has 1 N–H and O–H groups in total. The molecule has 0 saturated carbocycles. The zero-order chi connectivity index (χ0) is 15.0. The number of fused-ring (bicyclic) bond motifs is 1. The van der Waals surface area contributed by atoms with Crippen molar-refractivity contribution in [3.05, 3.63) is 45.9 Å². The summed E-state index contributed by atoms with van der Waals surface area (Å²) in [7, 11) is 0. The fourth-order valence-corrected chi connectivity index (χ4v) is 2.22. The predicted octanol–water partition coefficient (Wildman–Crippen LogP) is 2.13. The summed E-state index contributed by atoms with van der Waals surface area (Å²) in [6.45, 7) is -0.0921. The van der Waals surface area contributed by atoms with Gasteiger partial charge in [-0.15, -0.1) is 0 Å². The Morgan fingerprint density at radius 2 is 2.14 bits per heavy atom. The molecule has 0 saturated heterocycles. The van der Waals surface area contributed by atoms with E-state index in [0.29, 0.717) is 11.4 Å². The fraction of sp³-hybridized carbons (Fsp3) is 0.0833. The van der Waals surface area contributed by atoms with Crippen molar-refractivity contribution in [2.45, 2.75) is 0 Å². The van der Waals surface area contributed by atoms with Gasteiger partial charge in [0.1, 0.15) is 12.7 Å². The van der Waals surface area contributed by atoms with E-state index < -0.39 is 4.92 Å². The van der Waals surface area contributed by atoms with Crippen LogP contribution in [0.15, 0.2) is 30.5 Å². The number of carbonyl (C=O) groups excluding carboxylic acids is 1. The van der Waals surface area contributed by atoms with Gasteiger partial charge in [0.25, 0.3) is 0 Å². The molecule has 2 heterocycles. The molecule has 8 nitrogen and oxygen atoms in total. The third-order valence-corrected chi connectivity index (χ3v) is 3.13. The van der Waals surface area contributed by atoms with E-state index in [1.54, 1.807) is 24.3 Å². The number of aromatic nitrogens is 2.